The summed E-state index contributed by atoms with van der Waals surface area (Å²) in [6.07, 6.45) is 5.38. The second kappa shape index (κ2) is 12.0. The lowest BCUT2D eigenvalue weighted by molar-refractivity contribution is -0.118. The molecule has 1 aromatic heterocycles. The molecule has 0 radical (unpaired) electrons. The largest absolute Gasteiger partial charge is 0.484 e. The highest BCUT2D eigenvalue weighted by atomic mass is 16.5. The van der Waals surface area contributed by atoms with Gasteiger partial charge in [-0.25, -0.2) is 4.98 Å². The fourth-order valence-electron chi connectivity index (χ4n) is 3.35. The van der Waals surface area contributed by atoms with Crippen LogP contribution >= 0.6 is 0 Å². The number of anilines is 3. The molecule has 0 aliphatic carbocycles. The van der Waals surface area contributed by atoms with E-state index in [1.807, 2.05) is 22.8 Å². The molecule has 0 aliphatic rings. The van der Waals surface area contributed by atoms with Gasteiger partial charge in [-0.15, -0.1) is 0 Å². The molecular weight excluding hydrogens is 458 g/mol. The van der Waals surface area contributed by atoms with Crippen molar-refractivity contribution in [3.05, 3.63) is 103 Å². The Morgan fingerprint density at radius 3 is 2.28 bits per heavy atom. The number of amides is 3. The number of hydrogen-bond donors (Lipinski definition) is 3. The molecule has 9 heteroatoms. The van der Waals surface area contributed by atoms with Gasteiger partial charge in [0.25, 0.3) is 11.8 Å². The number of benzene rings is 3. The van der Waals surface area contributed by atoms with Gasteiger partial charge in [0.15, 0.2) is 6.61 Å². The summed E-state index contributed by atoms with van der Waals surface area (Å²) in [6.45, 7) is 0.340. The van der Waals surface area contributed by atoms with Crippen LogP contribution in [0.5, 0.6) is 5.75 Å². The van der Waals surface area contributed by atoms with Crippen molar-refractivity contribution < 1.29 is 19.1 Å². The summed E-state index contributed by atoms with van der Waals surface area (Å²) < 4.78 is 7.38. The smallest absolute Gasteiger partial charge is 0.262 e. The molecule has 0 fully saturated rings. The topological polar surface area (TPSA) is 114 Å². The SMILES string of the molecule is O=C(CCn1ccnc1)Nc1cccc(C(=O)Nc2cccc(OCC(=O)Nc3ccccc3)c2)c1. The van der Waals surface area contributed by atoms with Crippen molar-refractivity contribution in [2.75, 3.05) is 22.6 Å². The Labute approximate surface area is 208 Å². The Kier molecular flexibility index (Phi) is 8.06. The van der Waals surface area contributed by atoms with Crippen LogP contribution in [0.4, 0.5) is 17.1 Å². The van der Waals surface area contributed by atoms with Crippen molar-refractivity contribution in [1.82, 2.24) is 9.55 Å². The van der Waals surface area contributed by atoms with Gasteiger partial charge in [-0.2, -0.15) is 0 Å². The Balaban J connectivity index is 1.29. The van der Waals surface area contributed by atoms with Gasteiger partial charge in [0.05, 0.1) is 6.33 Å². The monoisotopic (exact) mass is 483 g/mol. The first kappa shape index (κ1) is 24.2. The van der Waals surface area contributed by atoms with Crippen LogP contribution in [0, 0.1) is 0 Å². The number of nitrogens with zero attached hydrogens (tertiary/aromatic N) is 2. The first-order valence-corrected chi connectivity index (χ1v) is 11.3. The molecule has 0 aliphatic heterocycles. The molecule has 3 amide bonds. The standard InChI is InChI=1S/C27H25N5O4/c33-25(12-14-32-15-13-28-19-32)30-22-9-4-6-20(16-22)27(35)31-23-10-5-11-24(17-23)36-18-26(34)29-21-7-2-1-3-8-21/h1-11,13,15-17,19H,12,14,18H2,(H,29,34)(H,30,33)(H,31,35). The van der Waals surface area contributed by atoms with Crippen LogP contribution in [0.2, 0.25) is 0 Å². The number of nitrogens with one attached hydrogen (secondary N) is 3. The molecular formula is C27H25N5O4. The number of carbonyl (C=O) groups is 3. The number of aromatic nitrogens is 2. The van der Waals surface area contributed by atoms with Gasteiger partial charge in [-0.05, 0) is 42.5 Å². The van der Waals surface area contributed by atoms with E-state index in [4.69, 9.17) is 4.74 Å². The molecule has 0 spiro atoms. The number of para-hydroxylation sites is 1. The van der Waals surface area contributed by atoms with Gasteiger partial charge < -0.3 is 25.3 Å². The molecule has 0 saturated heterocycles. The summed E-state index contributed by atoms with van der Waals surface area (Å²) in [7, 11) is 0. The molecule has 0 atom stereocenters. The summed E-state index contributed by atoms with van der Waals surface area (Å²) >= 11 is 0. The van der Waals surface area contributed by atoms with E-state index in [-0.39, 0.29) is 30.7 Å². The van der Waals surface area contributed by atoms with E-state index < -0.39 is 0 Å². The highest BCUT2D eigenvalue weighted by Crippen LogP contribution is 2.19. The third kappa shape index (κ3) is 7.29. The lowest BCUT2D eigenvalue weighted by Crippen LogP contribution is -2.20. The Bertz CT molecular complexity index is 1320. The minimum absolute atomic E-state index is 0.164. The van der Waals surface area contributed by atoms with Crippen LogP contribution < -0.4 is 20.7 Å². The quantitative estimate of drug-likeness (QED) is 0.313. The number of hydrogen-bond acceptors (Lipinski definition) is 5. The first-order valence-electron chi connectivity index (χ1n) is 11.3. The molecule has 0 bridgehead atoms. The molecule has 182 valence electrons. The van der Waals surface area contributed by atoms with Gasteiger partial charge in [-0.1, -0.05) is 30.3 Å². The summed E-state index contributed by atoms with van der Waals surface area (Å²) in [6, 6.07) is 22.6. The van der Waals surface area contributed by atoms with Crippen LogP contribution in [0.1, 0.15) is 16.8 Å². The first-order chi connectivity index (χ1) is 17.5. The van der Waals surface area contributed by atoms with Crippen molar-refractivity contribution in [2.45, 2.75) is 13.0 Å². The van der Waals surface area contributed by atoms with Crippen molar-refractivity contribution in [1.29, 1.82) is 0 Å². The average Bonchev–Trinajstić information content (AvgIpc) is 3.41. The molecule has 0 unspecified atom stereocenters. The van der Waals surface area contributed by atoms with Crippen molar-refractivity contribution in [3.63, 3.8) is 0 Å². The van der Waals surface area contributed by atoms with E-state index in [0.717, 1.165) is 0 Å². The van der Waals surface area contributed by atoms with Crippen LogP contribution in [0.3, 0.4) is 0 Å². The average molecular weight is 484 g/mol. The molecule has 1 heterocycles. The number of imidazole rings is 1. The van der Waals surface area contributed by atoms with Gasteiger partial charge in [0.2, 0.25) is 5.91 Å². The molecule has 3 N–H and O–H groups in total. The second-order valence-electron chi connectivity index (χ2n) is 7.86. The zero-order valence-electron chi connectivity index (χ0n) is 19.4. The molecule has 36 heavy (non-hydrogen) atoms. The number of aryl methyl sites for hydroxylation is 1. The van der Waals surface area contributed by atoms with Crippen LogP contribution in [0.15, 0.2) is 97.6 Å². The van der Waals surface area contributed by atoms with E-state index in [9.17, 15) is 14.4 Å². The number of rotatable bonds is 10. The normalized spacial score (nSPS) is 10.3. The zero-order chi connectivity index (χ0) is 25.2. The third-order valence-electron chi connectivity index (χ3n) is 5.08. The maximum Gasteiger partial charge on any atom is 0.262 e. The summed E-state index contributed by atoms with van der Waals surface area (Å²) in [5.74, 6) is -0.361. The van der Waals surface area contributed by atoms with E-state index >= 15 is 0 Å². The fraction of sp³-hybridized carbons (Fsp3) is 0.111. The van der Waals surface area contributed by atoms with Crippen molar-refractivity contribution >= 4 is 34.8 Å². The van der Waals surface area contributed by atoms with Gasteiger partial charge in [0.1, 0.15) is 5.75 Å². The number of carbonyl (C=O) groups excluding carboxylic acids is 3. The minimum Gasteiger partial charge on any atom is -0.484 e. The Morgan fingerprint density at radius 2 is 1.50 bits per heavy atom. The van der Waals surface area contributed by atoms with Gasteiger partial charge in [0, 0.05) is 54.1 Å². The highest BCUT2D eigenvalue weighted by molar-refractivity contribution is 6.05. The molecule has 3 aromatic carbocycles. The van der Waals surface area contributed by atoms with Crippen LogP contribution in [-0.4, -0.2) is 33.9 Å². The van der Waals surface area contributed by atoms with Gasteiger partial charge in [-0.3, -0.25) is 14.4 Å². The van der Waals surface area contributed by atoms with E-state index in [1.54, 1.807) is 79.4 Å². The fourth-order valence-corrected chi connectivity index (χ4v) is 3.35. The van der Waals surface area contributed by atoms with Crippen LogP contribution in [-0.2, 0) is 16.1 Å². The lowest BCUT2D eigenvalue weighted by Gasteiger charge is -2.11. The Morgan fingerprint density at radius 1 is 0.778 bits per heavy atom. The third-order valence-corrected chi connectivity index (χ3v) is 5.08. The number of ether oxygens (including phenoxy) is 1. The molecule has 9 nitrogen and oxygen atoms in total. The van der Waals surface area contributed by atoms with E-state index in [1.165, 1.54) is 0 Å². The maximum atomic E-state index is 12.8. The van der Waals surface area contributed by atoms with E-state index in [0.29, 0.717) is 34.9 Å². The van der Waals surface area contributed by atoms with Crippen molar-refractivity contribution in [3.8, 4) is 5.75 Å². The summed E-state index contributed by atoms with van der Waals surface area (Å²) in [4.78, 5) is 41.1. The maximum absolute atomic E-state index is 12.8. The molecule has 4 rings (SSSR count). The van der Waals surface area contributed by atoms with E-state index in [2.05, 4.69) is 20.9 Å². The van der Waals surface area contributed by atoms with Gasteiger partial charge >= 0.3 is 0 Å². The minimum atomic E-state index is -0.344. The second-order valence-corrected chi connectivity index (χ2v) is 7.86. The highest BCUT2D eigenvalue weighted by Gasteiger charge is 2.10. The Hall–Kier alpha value is -4.92. The summed E-state index contributed by atoms with van der Waals surface area (Å²) in [5, 5.41) is 8.36. The predicted octanol–water partition coefficient (Wildman–Crippen LogP) is 4.18. The van der Waals surface area contributed by atoms with Crippen molar-refractivity contribution in [2.24, 2.45) is 0 Å². The predicted molar refractivity (Wildman–Crippen MR) is 137 cm³/mol. The summed E-state index contributed by atoms with van der Waals surface area (Å²) in [5.41, 5.74) is 2.11. The van der Waals surface area contributed by atoms with Crippen LogP contribution in [0.25, 0.3) is 0 Å². The molecule has 0 saturated carbocycles. The molecule has 4 aromatic rings. The zero-order valence-corrected chi connectivity index (χ0v) is 19.4. The lowest BCUT2D eigenvalue weighted by atomic mass is 10.1.